The van der Waals surface area contributed by atoms with Gasteiger partial charge in [0.25, 0.3) is 0 Å². The van der Waals surface area contributed by atoms with Crippen LogP contribution in [-0.2, 0) is 4.74 Å². The van der Waals surface area contributed by atoms with Gasteiger partial charge in [-0.05, 0) is 31.8 Å². The average molecular weight is 171 g/mol. The van der Waals surface area contributed by atoms with Gasteiger partial charge in [-0.2, -0.15) is 0 Å². The average Bonchev–Trinajstić information content (AvgIpc) is 2.05. The van der Waals surface area contributed by atoms with E-state index in [4.69, 9.17) is 9.84 Å². The Morgan fingerprint density at radius 2 is 2.08 bits per heavy atom. The summed E-state index contributed by atoms with van der Waals surface area (Å²) in [5.74, 6) is 0.478. The second kappa shape index (κ2) is 2.94. The monoisotopic (exact) mass is 171 g/mol. The number of rotatable bonds is 1. The van der Waals surface area contributed by atoms with Gasteiger partial charge in [0.2, 0.25) is 0 Å². The summed E-state index contributed by atoms with van der Waals surface area (Å²) in [5, 5.41) is 8.45. The van der Waals surface area contributed by atoms with E-state index < -0.39 is 6.16 Å². The number of hydrogen-bond acceptors (Lipinski definition) is 3. The summed E-state index contributed by atoms with van der Waals surface area (Å²) in [5.41, 5.74) is 0. The normalized spacial score (nSPS) is 39.5. The first-order chi connectivity index (χ1) is 5.75. The highest BCUT2D eigenvalue weighted by molar-refractivity contribution is 5.57. The fraction of sp³-hybridized carbons (Fsp3) is 0.875. The Morgan fingerprint density at radius 1 is 1.42 bits per heavy atom. The van der Waals surface area contributed by atoms with Crippen molar-refractivity contribution >= 4 is 6.16 Å². The number of piperidine rings is 3. The van der Waals surface area contributed by atoms with Gasteiger partial charge in [0, 0.05) is 6.54 Å². The Hall–Kier alpha value is -0.770. The van der Waals surface area contributed by atoms with Crippen molar-refractivity contribution in [1.29, 1.82) is 0 Å². The fourth-order valence-corrected chi connectivity index (χ4v) is 2.17. The molecule has 4 nitrogen and oxygen atoms in total. The summed E-state index contributed by atoms with van der Waals surface area (Å²) in [6, 6.07) is 0. The smallest absolute Gasteiger partial charge is 0.450 e. The molecule has 3 saturated heterocycles. The summed E-state index contributed by atoms with van der Waals surface area (Å²) in [6.07, 6.45) is 0.995. The standard InChI is InChI=1S/C8H13NO3/c10-8(11)12-7-5-9-3-1-6(7)2-4-9/h6-7H,1-5H2,(H,10,11). The summed E-state index contributed by atoms with van der Waals surface area (Å²) >= 11 is 0. The minimum absolute atomic E-state index is 0.0648. The molecule has 0 aromatic carbocycles. The van der Waals surface area contributed by atoms with Gasteiger partial charge in [0.15, 0.2) is 0 Å². The molecule has 12 heavy (non-hydrogen) atoms. The molecule has 2 bridgehead atoms. The van der Waals surface area contributed by atoms with Gasteiger partial charge in [0.1, 0.15) is 6.10 Å². The Labute approximate surface area is 71.1 Å². The first-order valence-corrected chi connectivity index (χ1v) is 4.37. The van der Waals surface area contributed by atoms with Gasteiger partial charge in [-0.3, -0.25) is 4.90 Å². The van der Waals surface area contributed by atoms with Crippen LogP contribution < -0.4 is 0 Å². The molecule has 0 spiro atoms. The van der Waals surface area contributed by atoms with Crippen LogP contribution in [0.15, 0.2) is 0 Å². The zero-order chi connectivity index (χ0) is 8.55. The Balaban J connectivity index is 1.95. The lowest BCUT2D eigenvalue weighted by molar-refractivity contribution is -0.0489. The molecule has 68 valence electrons. The molecule has 4 heteroatoms. The lowest BCUT2D eigenvalue weighted by Gasteiger charge is -2.43. The van der Waals surface area contributed by atoms with Crippen molar-refractivity contribution < 1.29 is 14.6 Å². The van der Waals surface area contributed by atoms with Crippen LogP contribution in [-0.4, -0.2) is 41.9 Å². The molecule has 0 radical (unpaired) electrons. The number of nitrogens with zero attached hydrogens (tertiary/aromatic N) is 1. The molecule has 1 unspecified atom stereocenters. The third kappa shape index (κ3) is 1.39. The van der Waals surface area contributed by atoms with Crippen molar-refractivity contribution in [2.45, 2.75) is 18.9 Å². The second-order valence-corrected chi connectivity index (χ2v) is 3.56. The maximum absolute atomic E-state index is 10.3. The third-order valence-electron chi connectivity index (χ3n) is 2.85. The molecule has 3 heterocycles. The maximum Gasteiger partial charge on any atom is 0.506 e. The van der Waals surface area contributed by atoms with Crippen LogP contribution in [0.1, 0.15) is 12.8 Å². The molecule has 3 aliphatic heterocycles. The Kier molecular flexibility index (Phi) is 1.92. The van der Waals surface area contributed by atoms with E-state index in [2.05, 4.69) is 4.90 Å². The molecule has 3 aliphatic rings. The first-order valence-electron chi connectivity index (χ1n) is 4.37. The number of ether oxygens (including phenoxy) is 1. The zero-order valence-electron chi connectivity index (χ0n) is 6.90. The van der Waals surface area contributed by atoms with Crippen LogP contribution in [0.4, 0.5) is 4.79 Å². The summed E-state index contributed by atoms with van der Waals surface area (Å²) in [7, 11) is 0. The molecule has 3 fully saturated rings. The van der Waals surface area contributed by atoms with Gasteiger partial charge in [-0.25, -0.2) is 4.79 Å². The van der Waals surface area contributed by atoms with Crippen molar-refractivity contribution in [2.75, 3.05) is 19.6 Å². The number of fused-ring (bicyclic) bond motifs is 3. The number of hydrogen-bond donors (Lipinski definition) is 1. The van der Waals surface area contributed by atoms with Crippen molar-refractivity contribution in [1.82, 2.24) is 4.90 Å². The predicted molar refractivity (Wildman–Crippen MR) is 42.1 cm³/mol. The van der Waals surface area contributed by atoms with Crippen LogP contribution in [0, 0.1) is 5.92 Å². The number of carboxylic acid groups (broad SMARTS) is 1. The quantitative estimate of drug-likeness (QED) is 0.592. The van der Waals surface area contributed by atoms with Crippen molar-refractivity contribution in [3.05, 3.63) is 0 Å². The van der Waals surface area contributed by atoms with Crippen LogP contribution in [0.5, 0.6) is 0 Å². The molecule has 3 rings (SSSR count). The van der Waals surface area contributed by atoms with Crippen LogP contribution in [0.2, 0.25) is 0 Å². The molecule has 0 aromatic rings. The molecule has 0 aromatic heterocycles. The largest absolute Gasteiger partial charge is 0.506 e. The van der Waals surface area contributed by atoms with Crippen molar-refractivity contribution in [3.8, 4) is 0 Å². The van der Waals surface area contributed by atoms with E-state index in [0.717, 1.165) is 32.5 Å². The zero-order valence-corrected chi connectivity index (χ0v) is 6.90. The summed E-state index contributed by atoms with van der Waals surface area (Å²) in [6.45, 7) is 3.03. The summed E-state index contributed by atoms with van der Waals surface area (Å²) < 4.78 is 4.80. The van der Waals surface area contributed by atoms with Crippen molar-refractivity contribution in [3.63, 3.8) is 0 Å². The van der Waals surface area contributed by atoms with Crippen LogP contribution in [0.3, 0.4) is 0 Å². The van der Waals surface area contributed by atoms with Gasteiger partial charge in [0.05, 0.1) is 0 Å². The van der Waals surface area contributed by atoms with Gasteiger partial charge >= 0.3 is 6.16 Å². The van der Waals surface area contributed by atoms with Crippen LogP contribution in [0.25, 0.3) is 0 Å². The molecular weight excluding hydrogens is 158 g/mol. The van der Waals surface area contributed by atoms with E-state index in [9.17, 15) is 4.79 Å². The fourth-order valence-electron chi connectivity index (χ4n) is 2.17. The molecule has 0 saturated carbocycles. The first kappa shape index (κ1) is 7.86. The van der Waals surface area contributed by atoms with E-state index in [1.807, 2.05) is 0 Å². The van der Waals surface area contributed by atoms with Crippen LogP contribution >= 0.6 is 0 Å². The highest BCUT2D eigenvalue weighted by Gasteiger charge is 2.36. The molecule has 0 amide bonds. The molecule has 1 N–H and O–H groups in total. The van der Waals surface area contributed by atoms with E-state index in [0.29, 0.717) is 5.92 Å². The maximum atomic E-state index is 10.3. The number of carbonyl (C=O) groups is 1. The van der Waals surface area contributed by atoms with Gasteiger partial charge in [-0.1, -0.05) is 0 Å². The van der Waals surface area contributed by atoms with Gasteiger partial charge in [-0.15, -0.1) is 0 Å². The van der Waals surface area contributed by atoms with Gasteiger partial charge < -0.3 is 9.84 Å². The lowest BCUT2D eigenvalue weighted by atomic mass is 9.86. The Morgan fingerprint density at radius 3 is 2.50 bits per heavy atom. The molecular formula is C8H13NO3. The highest BCUT2D eigenvalue weighted by Crippen LogP contribution is 2.29. The van der Waals surface area contributed by atoms with Crippen molar-refractivity contribution in [2.24, 2.45) is 5.92 Å². The minimum Gasteiger partial charge on any atom is -0.450 e. The van der Waals surface area contributed by atoms with E-state index in [-0.39, 0.29) is 6.10 Å². The minimum atomic E-state index is -1.13. The second-order valence-electron chi connectivity index (χ2n) is 3.56. The summed E-state index contributed by atoms with van der Waals surface area (Å²) in [4.78, 5) is 12.6. The molecule has 1 atom stereocenters. The van der Waals surface area contributed by atoms with E-state index in [1.54, 1.807) is 0 Å². The topological polar surface area (TPSA) is 49.8 Å². The Bertz CT molecular complexity index is 187. The predicted octanol–water partition coefficient (Wildman–Crippen LogP) is 0.775. The van der Waals surface area contributed by atoms with E-state index >= 15 is 0 Å². The third-order valence-corrected chi connectivity index (χ3v) is 2.85. The van der Waals surface area contributed by atoms with E-state index in [1.165, 1.54) is 0 Å². The highest BCUT2D eigenvalue weighted by atomic mass is 16.7. The lowest BCUT2D eigenvalue weighted by Crippen LogP contribution is -2.51. The SMILES string of the molecule is O=C(O)OC1CN2CCC1CC2. The molecule has 0 aliphatic carbocycles.